The van der Waals surface area contributed by atoms with Gasteiger partial charge in [0, 0.05) is 51.2 Å². The Morgan fingerprint density at radius 3 is 2.62 bits per heavy atom. The monoisotopic (exact) mass is 326 g/mol. The Labute approximate surface area is 139 Å². The van der Waals surface area contributed by atoms with Gasteiger partial charge in [-0.05, 0) is 17.7 Å². The van der Waals surface area contributed by atoms with Crippen LogP contribution in [-0.2, 0) is 11.3 Å². The minimum Gasteiger partial charge on any atom is -0.353 e. The van der Waals surface area contributed by atoms with Gasteiger partial charge in [-0.25, -0.2) is 9.97 Å². The summed E-state index contributed by atoms with van der Waals surface area (Å²) in [6, 6.07) is 5.37. The van der Waals surface area contributed by atoms with Crippen LogP contribution in [0.15, 0.2) is 36.9 Å². The van der Waals surface area contributed by atoms with E-state index in [9.17, 15) is 9.59 Å². The molecule has 1 fully saturated rings. The molecular formula is C16H18N6O2. The second-order valence-corrected chi connectivity index (χ2v) is 5.43. The van der Waals surface area contributed by atoms with Gasteiger partial charge in [0.1, 0.15) is 17.8 Å². The van der Waals surface area contributed by atoms with Crippen molar-refractivity contribution >= 4 is 18.1 Å². The number of rotatable bonds is 5. The molecule has 0 spiro atoms. The maximum absolute atomic E-state index is 12.3. The van der Waals surface area contributed by atoms with Crippen molar-refractivity contribution in [1.29, 1.82) is 0 Å². The average Bonchev–Trinajstić information content (AvgIpc) is 2.67. The quantitative estimate of drug-likeness (QED) is 0.783. The summed E-state index contributed by atoms with van der Waals surface area (Å²) in [5.41, 5.74) is 1.30. The molecule has 0 aromatic carbocycles. The van der Waals surface area contributed by atoms with Gasteiger partial charge in [-0.2, -0.15) is 0 Å². The van der Waals surface area contributed by atoms with E-state index in [1.807, 2.05) is 17.0 Å². The van der Waals surface area contributed by atoms with E-state index in [0.717, 1.165) is 12.0 Å². The Kier molecular flexibility index (Phi) is 4.95. The molecule has 0 aliphatic carbocycles. The Morgan fingerprint density at radius 2 is 1.92 bits per heavy atom. The van der Waals surface area contributed by atoms with Crippen LogP contribution in [0.1, 0.15) is 16.1 Å². The Morgan fingerprint density at radius 1 is 1.17 bits per heavy atom. The standard InChI is InChI=1S/C16H18N6O2/c23-12-21-5-7-22(8-6-21)15-9-14(19-11-20-15)16(24)18-10-13-1-3-17-4-2-13/h1-4,9,11-12H,5-8,10H2,(H,18,24). The second kappa shape index (κ2) is 7.49. The number of anilines is 1. The van der Waals surface area contributed by atoms with Crippen LogP contribution in [-0.4, -0.2) is 58.3 Å². The lowest BCUT2D eigenvalue weighted by atomic mass is 10.2. The third kappa shape index (κ3) is 3.83. The van der Waals surface area contributed by atoms with E-state index in [-0.39, 0.29) is 5.91 Å². The molecule has 0 atom stereocenters. The minimum atomic E-state index is -0.248. The van der Waals surface area contributed by atoms with Gasteiger partial charge >= 0.3 is 0 Å². The van der Waals surface area contributed by atoms with Crippen molar-refractivity contribution in [2.24, 2.45) is 0 Å². The Balaban J connectivity index is 1.62. The van der Waals surface area contributed by atoms with Crippen LogP contribution in [0.3, 0.4) is 0 Å². The summed E-state index contributed by atoms with van der Waals surface area (Å²) in [6.45, 7) is 3.09. The van der Waals surface area contributed by atoms with Gasteiger partial charge in [0.2, 0.25) is 6.41 Å². The predicted octanol–water partition coefficient (Wildman–Crippen LogP) is 0.0800. The minimum absolute atomic E-state index is 0.248. The van der Waals surface area contributed by atoms with Crippen molar-refractivity contribution in [2.75, 3.05) is 31.1 Å². The number of nitrogens with zero attached hydrogens (tertiary/aromatic N) is 5. The highest BCUT2D eigenvalue weighted by molar-refractivity contribution is 5.92. The van der Waals surface area contributed by atoms with Crippen molar-refractivity contribution in [1.82, 2.24) is 25.2 Å². The summed E-state index contributed by atoms with van der Waals surface area (Å²) in [7, 11) is 0. The van der Waals surface area contributed by atoms with Crippen molar-refractivity contribution in [3.63, 3.8) is 0 Å². The van der Waals surface area contributed by atoms with Gasteiger partial charge in [0.15, 0.2) is 0 Å². The number of hydrogen-bond acceptors (Lipinski definition) is 6. The molecule has 24 heavy (non-hydrogen) atoms. The number of carbonyl (C=O) groups is 2. The lowest BCUT2D eigenvalue weighted by molar-refractivity contribution is -0.118. The molecule has 0 radical (unpaired) electrons. The molecule has 8 nitrogen and oxygen atoms in total. The highest BCUT2D eigenvalue weighted by Gasteiger charge is 2.18. The lowest BCUT2D eigenvalue weighted by Gasteiger charge is -2.33. The first-order valence-corrected chi connectivity index (χ1v) is 7.70. The maximum atomic E-state index is 12.3. The van der Waals surface area contributed by atoms with E-state index < -0.39 is 0 Å². The van der Waals surface area contributed by atoms with Gasteiger partial charge in [0.05, 0.1) is 0 Å². The Hall–Kier alpha value is -3.03. The fourth-order valence-corrected chi connectivity index (χ4v) is 2.47. The number of carbonyl (C=O) groups excluding carboxylic acids is 2. The fourth-order valence-electron chi connectivity index (χ4n) is 2.47. The second-order valence-electron chi connectivity index (χ2n) is 5.43. The molecule has 124 valence electrons. The molecule has 0 unspecified atom stereocenters. The van der Waals surface area contributed by atoms with Crippen molar-refractivity contribution in [3.8, 4) is 0 Å². The van der Waals surface area contributed by atoms with Crippen LogP contribution in [0.5, 0.6) is 0 Å². The van der Waals surface area contributed by atoms with Crippen molar-refractivity contribution < 1.29 is 9.59 Å². The highest BCUT2D eigenvalue weighted by atomic mass is 16.2. The van der Waals surface area contributed by atoms with Crippen LogP contribution in [0, 0.1) is 0 Å². The van der Waals surface area contributed by atoms with Gasteiger partial charge < -0.3 is 15.1 Å². The van der Waals surface area contributed by atoms with Gasteiger partial charge in [-0.1, -0.05) is 0 Å². The molecule has 2 aromatic rings. The number of pyridine rings is 1. The third-order valence-corrected chi connectivity index (χ3v) is 3.88. The molecule has 3 heterocycles. The third-order valence-electron chi connectivity index (χ3n) is 3.88. The van der Waals surface area contributed by atoms with Crippen LogP contribution >= 0.6 is 0 Å². The largest absolute Gasteiger partial charge is 0.353 e. The van der Waals surface area contributed by atoms with Gasteiger partial charge in [0.25, 0.3) is 5.91 Å². The first kappa shape index (κ1) is 15.9. The van der Waals surface area contributed by atoms with Crippen LogP contribution in [0.4, 0.5) is 5.82 Å². The highest BCUT2D eigenvalue weighted by Crippen LogP contribution is 2.13. The molecule has 2 aromatic heterocycles. The zero-order chi connectivity index (χ0) is 16.8. The number of aromatic nitrogens is 3. The van der Waals surface area contributed by atoms with E-state index in [2.05, 4.69) is 20.3 Å². The molecule has 1 N–H and O–H groups in total. The van der Waals surface area contributed by atoms with Crippen molar-refractivity contribution in [2.45, 2.75) is 6.54 Å². The first-order valence-electron chi connectivity index (χ1n) is 7.70. The van der Waals surface area contributed by atoms with Gasteiger partial charge in [-0.3, -0.25) is 14.6 Å². The fraction of sp³-hybridized carbons (Fsp3) is 0.312. The number of amides is 2. The molecule has 8 heteroatoms. The molecule has 1 saturated heterocycles. The van der Waals surface area contributed by atoms with E-state index in [4.69, 9.17) is 0 Å². The molecular weight excluding hydrogens is 308 g/mol. The van der Waals surface area contributed by atoms with E-state index in [0.29, 0.717) is 44.2 Å². The number of hydrogen-bond donors (Lipinski definition) is 1. The summed E-state index contributed by atoms with van der Waals surface area (Å²) in [5.74, 6) is 0.451. The summed E-state index contributed by atoms with van der Waals surface area (Å²) < 4.78 is 0. The Bertz CT molecular complexity index is 701. The SMILES string of the molecule is O=CN1CCN(c2cc(C(=O)NCc3ccncc3)ncn2)CC1. The van der Waals surface area contributed by atoms with E-state index in [1.165, 1.54) is 6.33 Å². The average molecular weight is 326 g/mol. The van der Waals surface area contributed by atoms with Crippen LogP contribution in [0.25, 0.3) is 0 Å². The smallest absolute Gasteiger partial charge is 0.270 e. The molecule has 0 bridgehead atoms. The summed E-state index contributed by atoms with van der Waals surface area (Å²) in [6.07, 6.45) is 5.62. The molecule has 1 aliphatic rings. The molecule has 0 saturated carbocycles. The van der Waals surface area contributed by atoms with Crippen LogP contribution in [0.2, 0.25) is 0 Å². The maximum Gasteiger partial charge on any atom is 0.270 e. The zero-order valence-electron chi connectivity index (χ0n) is 13.1. The van der Waals surface area contributed by atoms with E-state index >= 15 is 0 Å². The summed E-state index contributed by atoms with van der Waals surface area (Å²) >= 11 is 0. The normalized spacial score (nSPS) is 14.3. The van der Waals surface area contributed by atoms with Gasteiger partial charge in [-0.15, -0.1) is 0 Å². The lowest BCUT2D eigenvalue weighted by Crippen LogP contribution is -2.46. The summed E-state index contributed by atoms with van der Waals surface area (Å²) in [4.78, 5) is 39.0. The first-order chi connectivity index (χ1) is 11.8. The van der Waals surface area contributed by atoms with Crippen molar-refractivity contribution in [3.05, 3.63) is 48.2 Å². The molecule has 1 aliphatic heterocycles. The number of nitrogens with one attached hydrogen (secondary N) is 1. The predicted molar refractivity (Wildman–Crippen MR) is 87.3 cm³/mol. The number of piperazine rings is 1. The zero-order valence-corrected chi connectivity index (χ0v) is 13.1. The summed E-state index contributed by atoms with van der Waals surface area (Å²) in [5, 5.41) is 2.83. The topological polar surface area (TPSA) is 91.3 Å². The molecule has 2 amide bonds. The molecule has 3 rings (SSSR count). The van der Waals surface area contributed by atoms with Crippen LogP contribution < -0.4 is 10.2 Å². The van der Waals surface area contributed by atoms with E-state index in [1.54, 1.807) is 23.4 Å².